The van der Waals surface area contributed by atoms with Crippen molar-refractivity contribution in [3.63, 3.8) is 0 Å². The normalized spacial score (nSPS) is 9.83. The standard InChI is InChI=1S/C12H11N3O3/c1-18-10-5-4-8(7-9(10)16)12(17)14-11-3-2-6-13-15-11/h2-7,16H,1H3,(H,14,15,17). The number of aromatic nitrogens is 2. The van der Waals surface area contributed by atoms with Gasteiger partial charge in [-0.25, -0.2) is 0 Å². The number of nitrogens with one attached hydrogen (secondary N) is 1. The predicted octanol–water partition coefficient (Wildman–Crippen LogP) is 1.44. The monoisotopic (exact) mass is 245 g/mol. The molecule has 6 heteroatoms. The fourth-order valence-electron chi connectivity index (χ4n) is 1.39. The molecule has 0 saturated carbocycles. The highest BCUT2D eigenvalue weighted by atomic mass is 16.5. The van der Waals surface area contributed by atoms with Gasteiger partial charge in [-0.3, -0.25) is 4.79 Å². The van der Waals surface area contributed by atoms with Crippen LogP contribution in [0.2, 0.25) is 0 Å². The van der Waals surface area contributed by atoms with Crippen LogP contribution in [-0.4, -0.2) is 28.3 Å². The summed E-state index contributed by atoms with van der Waals surface area (Å²) >= 11 is 0. The van der Waals surface area contributed by atoms with E-state index in [1.165, 1.54) is 25.4 Å². The highest BCUT2D eigenvalue weighted by Gasteiger charge is 2.10. The second kappa shape index (κ2) is 5.13. The fourth-order valence-corrected chi connectivity index (χ4v) is 1.39. The van der Waals surface area contributed by atoms with Crippen LogP contribution >= 0.6 is 0 Å². The highest BCUT2D eigenvalue weighted by molar-refractivity contribution is 6.04. The van der Waals surface area contributed by atoms with Gasteiger partial charge in [0, 0.05) is 11.8 Å². The van der Waals surface area contributed by atoms with Gasteiger partial charge in [0.2, 0.25) is 0 Å². The SMILES string of the molecule is COc1ccc(C(=O)Nc2cccnn2)cc1O. The maximum atomic E-state index is 11.8. The Morgan fingerprint density at radius 2 is 2.22 bits per heavy atom. The number of phenols is 1. The number of benzene rings is 1. The van der Waals surface area contributed by atoms with Gasteiger partial charge in [0.15, 0.2) is 17.3 Å². The molecule has 1 aromatic heterocycles. The van der Waals surface area contributed by atoms with Crippen LogP contribution in [0.25, 0.3) is 0 Å². The lowest BCUT2D eigenvalue weighted by molar-refractivity contribution is 0.102. The lowest BCUT2D eigenvalue weighted by atomic mass is 10.2. The number of hydrogen-bond acceptors (Lipinski definition) is 5. The van der Waals surface area contributed by atoms with Gasteiger partial charge in [-0.2, -0.15) is 5.10 Å². The van der Waals surface area contributed by atoms with E-state index >= 15 is 0 Å². The van der Waals surface area contributed by atoms with E-state index in [1.807, 2.05) is 0 Å². The molecule has 1 aromatic carbocycles. The Kier molecular flexibility index (Phi) is 3.38. The molecule has 1 heterocycles. The number of amides is 1. The van der Waals surface area contributed by atoms with Gasteiger partial charge in [-0.15, -0.1) is 5.10 Å². The number of aromatic hydroxyl groups is 1. The number of phenolic OH excluding ortho intramolecular Hbond substituents is 1. The lowest BCUT2D eigenvalue weighted by Gasteiger charge is -2.06. The molecule has 2 aromatic rings. The summed E-state index contributed by atoms with van der Waals surface area (Å²) in [7, 11) is 1.44. The van der Waals surface area contributed by atoms with Crippen molar-refractivity contribution in [2.24, 2.45) is 0 Å². The smallest absolute Gasteiger partial charge is 0.257 e. The van der Waals surface area contributed by atoms with Crippen LogP contribution in [0.15, 0.2) is 36.5 Å². The van der Waals surface area contributed by atoms with Crippen molar-refractivity contribution in [2.75, 3.05) is 12.4 Å². The van der Waals surface area contributed by atoms with E-state index in [0.717, 1.165) is 0 Å². The molecule has 0 aliphatic heterocycles. The summed E-state index contributed by atoms with van der Waals surface area (Å²) in [6, 6.07) is 7.66. The zero-order valence-corrected chi connectivity index (χ0v) is 9.62. The molecule has 0 saturated heterocycles. The molecular formula is C12H11N3O3. The molecule has 1 amide bonds. The third kappa shape index (κ3) is 2.54. The van der Waals surface area contributed by atoms with Crippen molar-refractivity contribution >= 4 is 11.7 Å². The number of carbonyl (C=O) groups is 1. The van der Waals surface area contributed by atoms with E-state index in [9.17, 15) is 9.90 Å². The summed E-state index contributed by atoms with van der Waals surface area (Å²) in [5.41, 5.74) is 0.305. The van der Waals surface area contributed by atoms with Crippen LogP contribution in [0.3, 0.4) is 0 Å². The van der Waals surface area contributed by atoms with Crippen molar-refractivity contribution in [1.82, 2.24) is 10.2 Å². The molecule has 0 bridgehead atoms. The van der Waals surface area contributed by atoms with Gasteiger partial charge >= 0.3 is 0 Å². The fraction of sp³-hybridized carbons (Fsp3) is 0.0833. The molecule has 18 heavy (non-hydrogen) atoms. The van der Waals surface area contributed by atoms with Crippen molar-refractivity contribution in [3.8, 4) is 11.5 Å². The molecule has 6 nitrogen and oxygen atoms in total. The topological polar surface area (TPSA) is 84.3 Å². The Hall–Kier alpha value is -2.63. The van der Waals surface area contributed by atoms with Gasteiger partial charge in [-0.05, 0) is 30.3 Å². The third-order valence-corrected chi connectivity index (χ3v) is 2.25. The molecular weight excluding hydrogens is 234 g/mol. The van der Waals surface area contributed by atoms with E-state index in [0.29, 0.717) is 17.1 Å². The Labute approximate surface area is 103 Å². The Morgan fingerprint density at radius 3 is 2.83 bits per heavy atom. The summed E-state index contributed by atoms with van der Waals surface area (Å²) in [5, 5.41) is 19.5. The van der Waals surface area contributed by atoms with Gasteiger partial charge in [0.05, 0.1) is 7.11 Å². The molecule has 2 rings (SSSR count). The molecule has 92 valence electrons. The summed E-state index contributed by atoms with van der Waals surface area (Å²) < 4.78 is 4.89. The average Bonchev–Trinajstić information content (AvgIpc) is 2.39. The molecule has 0 aliphatic rings. The molecule has 0 unspecified atom stereocenters. The minimum Gasteiger partial charge on any atom is -0.504 e. The number of rotatable bonds is 3. The summed E-state index contributed by atoms with van der Waals surface area (Å²) in [6.45, 7) is 0. The van der Waals surface area contributed by atoms with E-state index in [4.69, 9.17) is 4.74 Å². The van der Waals surface area contributed by atoms with Gasteiger partial charge in [0.25, 0.3) is 5.91 Å². The van der Waals surface area contributed by atoms with Crippen LogP contribution in [0.4, 0.5) is 5.82 Å². The van der Waals surface area contributed by atoms with Gasteiger partial charge in [-0.1, -0.05) is 0 Å². The lowest BCUT2D eigenvalue weighted by Crippen LogP contribution is -2.13. The van der Waals surface area contributed by atoms with Crippen molar-refractivity contribution in [2.45, 2.75) is 0 Å². The minimum atomic E-state index is -0.381. The number of carbonyl (C=O) groups excluding carboxylic acids is 1. The summed E-state index contributed by atoms with van der Waals surface area (Å²) in [5.74, 6) is 0.182. The Balaban J connectivity index is 2.17. The van der Waals surface area contributed by atoms with Crippen LogP contribution in [0, 0.1) is 0 Å². The molecule has 0 spiro atoms. The first-order valence-corrected chi connectivity index (χ1v) is 5.17. The first-order chi connectivity index (χ1) is 8.70. The summed E-state index contributed by atoms with van der Waals surface area (Å²) in [6.07, 6.45) is 1.51. The van der Waals surface area contributed by atoms with E-state index in [-0.39, 0.29) is 11.7 Å². The summed E-state index contributed by atoms with van der Waals surface area (Å²) in [4.78, 5) is 11.8. The first-order valence-electron chi connectivity index (χ1n) is 5.17. The van der Waals surface area contributed by atoms with Gasteiger partial charge in [0.1, 0.15) is 0 Å². The molecule has 0 fully saturated rings. The minimum absolute atomic E-state index is 0.0932. The zero-order valence-electron chi connectivity index (χ0n) is 9.62. The number of ether oxygens (including phenoxy) is 1. The number of anilines is 1. The van der Waals surface area contributed by atoms with Crippen LogP contribution < -0.4 is 10.1 Å². The zero-order chi connectivity index (χ0) is 13.0. The van der Waals surface area contributed by atoms with E-state index < -0.39 is 0 Å². The Bertz CT molecular complexity index is 558. The highest BCUT2D eigenvalue weighted by Crippen LogP contribution is 2.26. The van der Waals surface area contributed by atoms with Crippen molar-refractivity contribution < 1.29 is 14.6 Å². The quantitative estimate of drug-likeness (QED) is 0.854. The third-order valence-electron chi connectivity index (χ3n) is 2.25. The maximum Gasteiger partial charge on any atom is 0.257 e. The second-order valence-electron chi connectivity index (χ2n) is 3.45. The van der Waals surface area contributed by atoms with E-state index in [1.54, 1.807) is 18.2 Å². The van der Waals surface area contributed by atoms with Crippen LogP contribution in [-0.2, 0) is 0 Å². The largest absolute Gasteiger partial charge is 0.504 e. The molecule has 0 atom stereocenters. The predicted molar refractivity (Wildman–Crippen MR) is 64.6 cm³/mol. The first kappa shape index (κ1) is 11.8. The molecule has 0 aliphatic carbocycles. The van der Waals surface area contributed by atoms with Crippen LogP contribution in [0.1, 0.15) is 10.4 Å². The van der Waals surface area contributed by atoms with Crippen LogP contribution in [0.5, 0.6) is 11.5 Å². The van der Waals surface area contributed by atoms with Crippen molar-refractivity contribution in [3.05, 3.63) is 42.1 Å². The number of methoxy groups -OCH3 is 1. The van der Waals surface area contributed by atoms with Gasteiger partial charge < -0.3 is 15.2 Å². The van der Waals surface area contributed by atoms with E-state index in [2.05, 4.69) is 15.5 Å². The number of hydrogen-bond donors (Lipinski definition) is 2. The maximum absolute atomic E-state index is 11.8. The average molecular weight is 245 g/mol. The Morgan fingerprint density at radius 1 is 1.39 bits per heavy atom. The molecule has 2 N–H and O–H groups in total. The number of nitrogens with zero attached hydrogens (tertiary/aromatic N) is 2. The van der Waals surface area contributed by atoms with Crippen molar-refractivity contribution in [1.29, 1.82) is 0 Å². The second-order valence-corrected chi connectivity index (χ2v) is 3.45. The molecule has 0 radical (unpaired) electrons.